The fourth-order valence-corrected chi connectivity index (χ4v) is 4.73. The summed E-state index contributed by atoms with van der Waals surface area (Å²) in [5.41, 5.74) is 11.8. The Morgan fingerprint density at radius 1 is 0.976 bits per heavy atom. The van der Waals surface area contributed by atoms with Gasteiger partial charge in [-0.05, 0) is 77.3 Å². The van der Waals surface area contributed by atoms with E-state index in [-0.39, 0.29) is 18.4 Å². The third kappa shape index (κ3) is 7.64. The van der Waals surface area contributed by atoms with Crippen molar-refractivity contribution in [1.82, 2.24) is 10.2 Å². The summed E-state index contributed by atoms with van der Waals surface area (Å²) >= 11 is 0. The average Bonchev–Trinajstić information content (AvgIpc) is 3.01. The molecule has 8 heteroatoms. The number of allylic oxidation sites excluding steroid dienone is 2. The van der Waals surface area contributed by atoms with E-state index >= 15 is 0 Å². The van der Waals surface area contributed by atoms with Gasteiger partial charge >= 0.3 is 0 Å². The van der Waals surface area contributed by atoms with Crippen LogP contribution in [0.4, 0.5) is 5.69 Å². The number of ether oxygens (including phenoxy) is 2. The van der Waals surface area contributed by atoms with E-state index in [9.17, 15) is 9.59 Å². The first-order valence-electron chi connectivity index (χ1n) is 13.4. The molecule has 0 saturated heterocycles. The summed E-state index contributed by atoms with van der Waals surface area (Å²) in [6, 6.07) is 18.3. The van der Waals surface area contributed by atoms with E-state index in [1.807, 2.05) is 30.4 Å². The van der Waals surface area contributed by atoms with Crippen molar-refractivity contribution in [2.45, 2.75) is 19.5 Å². The number of benzene rings is 3. The predicted molar refractivity (Wildman–Crippen MR) is 162 cm³/mol. The highest BCUT2D eigenvalue weighted by Crippen LogP contribution is 2.27. The van der Waals surface area contributed by atoms with E-state index in [0.29, 0.717) is 22.6 Å². The van der Waals surface area contributed by atoms with Crippen LogP contribution in [0, 0.1) is 0 Å². The Bertz CT molecular complexity index is 1480. The molecule has 0 aliphatic carbocycles. The topological polar surface area (TPSA) is 106 Å². The molecule has 212 valence electrons. The van der Waals surface area contributed by atoms with Gasteiger partial charge in [0.1, 0.15) is 0 Å². The molecule has 8 nitrogen and oxygen atoms in total. The number of amides is 2. The van der Waals surface area contributed by atoms with E-state index in [2.05, 4.69) is 28.2 Å². The Morgan fingerprint density at radius 3 is 2.54 bits per heavy atom. The zero-order valence-corrected chi connectivity index (χ0v) is 23.5. The minimum absolute atomic E-state index is 0.214. The van der Waals surface area contributed by atoms with Gasteiger partial charge in [0.05, 0.1) is 14.2 Å². The molecule has 41 heavy (non-hydrogen) atoms. The number of carbonyl (C=O) groups is 2. The molecule has 0 spiro atoms. The maximum absolute atomic E-state index is 13.1. The van der Waals surface area contributed by atoms with Crippen molar-refractivity contribution in [3.63, 3.8) is 0 Å². The van der Waals surface area contributed by atoms with Crippen molar-refractivity contribution in [1.29, 1.82) is 0 Å². The quantitative estimate of drug-likeness (QED) is 0.294. The summed E-state index contributed by atoms with van der Waals surface area (Å²) in [7, 11) is 3.07. The van der Waals surface area contributed by atoms with Crippen LogP contribution in [-0.4, -0.2) is 44.0 Å². The number of methoxy groups -OCH3 is 2. The molecule has 3 aromatic rings. The molecule has 0 atom stereocenters. The number of hydrogen-bond acceptors (Lipinski definition) is 6. The zero-order chi connectivity index (χ0) is 29.2. The van der Waals surface area contributed by atoms with Gasteiger partial charge in [-0.15, -0.1) is 0 Å². The van der Waals surface area contributed by atoms with E-state index in [4.69, 9.17) is 15.2 Å². The second-order valence-corrected chi connectivity index (χ2v) is 9.69. The number of rotatable bonds is 11. The Morgan fingerprint density at radius 2 is 1.78 bits per heavy atom. The number of carbonyl (C=O) groups excluding carboxylic acids is 2. The smallest absolute Gasteiger partial charge is 0.255 e. The summed E-state index contributed by atoms with van der Waals surface area (Å²) in [5.74, 6) is 0.559. The molecule has 4 rings (SSSR count). The van der Waals surface area contributed by atoms with Crippen molar-refractivity contribution < 1.29 is 19.1 Å². The van der Waals surface area contributed by atoms with Gasteiger partial charge in [0.2, 0.25) is 0 Å². The summed E-state index contributed by atoms with van der Waals surface area (Å²) < 4.78 is 10.5. The number of nitrogens with zero attached hydrogens (tertiary/aromatic N) is 1. The molecular weight excluding hydrogens is 516 g/mol. The number of anilines is 1. The summed E-state index contributed by atoms with van der Waals surface area (Å²) in [4.78, 5) is 28.1. The van der Waals surface area contributed by atoms with Gasteiger partial charge in [-0.25, -0.2) is 0 Å². The Kier molecular flexibility index (Phi) is 9.96. The number of fused-ring (bicyclic) bond motifs is 1. The molecular formula is C33H36N4O4. The molecule has 4 N–H and O–H groups in total. The molecule has 2 amide bonds. The molecule has 1 aliphatic rings. The second kappa shape index (κ2) is 14.0. The van der Waals surface area contributed by atoms with Crippen LogP contribution in [0.1, 0.15) is 37.4 Å². The fraction of sp³-hybridized carbons (Fsp3) is 0.212. The third-order valence-electron chi connectivity index (χ3n) is 6.91. The summed E-state index contributed by atoms with van der Waals surface area (Å²) in [6.45, 7) is 6.43. The van der Waals surface area contributed by atoms with Crippen LogP contribution in [0.25, 0.3) is 0 Å². The van der Waals surface area contributed by atoms with Gasteiger partial charge in [-0.2, -0.15) is 0 Å². The van der Waals surface area contributed by atoms with Crippen molar-refractivity contribution in [3.05, 3.63) is 125 Å². The Labute approximate surface area is 241 Å². The summed E-state index contributed by atoms with van der Waals surface area (Å²) in [5, 5.41) is 5.91. The van der Waals surface area contributed by atoms with Crippen LogP contribution < -0.4 is 25.8 Å². The van der Waals surface area contributed by atoms with Gasteiger partial charge in [0.15, 0.2) is 11.5 Å². The first-order chi connectivity index (χ1) is 19.9. The van der Waals surface area contributed by atoms with Crippen molar-refractivity contribution in [3.8, 4) is 11.5 Å². The SMILES string of the molecule is C=C/C=C\C(=C/N)CN1CCc2ccc(NC(=O)c3cccc(CNC(=O)c4ccc(OC)c(OC)c4)c3)cc2C1. The van der Waals surface area contributed by atoms with Crippen molar-refractivity contribution in [2.75, 3.05) is 32.6 Å². The standard InChI is InChI=1S/C33H36N4O4/c1-4-5-7-24(19-34)21-37-15-14-25-10-12-29(17-28(25)22-37)36-33(39)26-9-6-8-23(16-26)20-35-32(38)27-11-13-30(40-2)31(18-27)41-3/h4-13,16-19H,1,14-15,20-22,34H2,2-3H3,(H,35,38)(H,36,39)/b7-5-,24-19+. The largest absolute Gasteiger partial charge is 0.493 e. The lowest BCUT2D eigenvalue weighted by Gasteiger charge is -2.29. The van der Waals surface area contributed by atoms with Gasteiger partial charge in [-0.1, -0.05) is 43.0 Å². The molecule has 3 aromatic carbocycles. The van der Waals surface area contributed by atoms with E-state index < -0.39 is 0 Å². The van der Waals surface area contributed by atoms with E-state index in [1.165, 1.54) is 18.2 Å². The molecule has 0 fully saturated rings. The van der Waals surface area contributed by atoms with E-state index in [1.54, 1.807) is 55.8 Å². The van der Waals surface area contributed by atoms with Crippen LogP contribution in [0.3, 0.4) is 0 Å². The molecule has 0 saturated carbocycles. The normalized spacial score (nSPS) is 13.4. The maximum Gasteiger partial charge on any atom is 0.255 e. The highest BCUT2D eigenvalue weighted by Gasteiger charge is 2.18. The molecule has 0 radical (unpaired) electrons. The lowest BCUT2D eigenvalue weighted by atomic mass is 9.98. The second-order valence-electron chi connectivity index (χ2n) is 9.69. The maximum atomic E-state index is 13.1. The monoisotopic (exact) mass is 552 g/mol. The van der Waals surface area contributed by atoms with Gasteiger partial charge < -0.3 is 25.8 Å². The number of nitrogens with two attached hydrogens (primary N) is 1. The lowest BCUT2D eigenvalue weighted by Crippen LogP contribution is -2.32. The minimum Gasteiger partial charge on any atom is -0.493 e. The van der Waals surface area contributed by atoms with Gasteiger partial charge in [0, 0.05) is 43.0 Å². The van der Waals surface area contributed by atoms with Crippen LogP contribution >= 0.6 is 0 Å². The molecule has 1 aliphatic heterocycles. The summed E-state index contributed by atoms with van der Waals surface area (Å²) in [6.07, 6.45) is 8.14. The van der Waals surface area contributed by atoms with Crippen LogP contribution in [0.15, 0.2) is 97.2 Å². The van der Waals surface area contributed by atoms with Crippen LogP contribution in [0.5, 0.6) is 11.5 Å². The van der Waals surface area contributed by atoms with Gasteiger partial charge in [0.25, 0.3) is 11.8 Å². The molecule has 0 unspecified atom stereocenters. The van der Waals surface area contributed by atoms with E-state index in [0.717, 1.165) is 42.9 Å². The minimum atomic E-state index is -0.255. The van der Waals surface area contributed by atoms with Crippen molar-refractivity contribution in [2.24, 2.45) is 5.73 Å². The molecule has 0 bridgehead atoms. The highest BCUT2D eigenvalue weighted by atomic mass is 16.5. The fourth-order valence-electron chi connectivity index (χ4n) is 4.73. The lowest BCUT2D eigenvalue weighted by molar-refractivity contribution is 0.0950. The van der Waals surface area contributed by atoms with Crippen LogP contribution in [0.2, 0.25) is 0 Å². The Balaban J connectivity index is 1.37. The third-order valence-corrected chi connectivity index (χ3v) is 6.91. The van der Waals surface area contributed by atoms with Crippen molar-refractivity contribution >= 4 is 17.5 Å². The molecule has 1 heterocycles. The Hall–Kier alpha value is -4.82. The highest BCUT2D eigenvalue weighted by molar-refractivity contribution is 6.04. The van der Waals surface area contributed by atoms with Gasteiger partial charge in [-0.3, -0.25) is 14.5 Å². The molecule has 0 aromatic heterocycles. The first-order valence-corrected chi connectivity index (χ1v) is 13.4. The van der Waals surface area contributed by atoms with Crippen LogP contribution in [-0.2, 0) is 19.5 Å². The number of nitrogens with one attached hydrogen (secondary N) is 2. The predicted octanol–water partition coefficient (Wildman–Crippen LogP) is 4.83. The zero-order valence-electron chi connectivity index (χ0n) is 23.5. The number of hydrogen-bond donors (Lipinski definition) is 3. The average molecular weight is 553 g/mol. The first kappa shape index (κ1) is 29.2.